The minimum Gasteiger partial charge on any atom is -0.493 e. The Hall–Kier alpha value is -1.70. The van der Waals surface area contributed by atoms with Crippen LogP contribution in [0.3, 0.4) is 0 Å². The molecule has 0 saturated heterocycles. The summed E-state index contributed by atoms with van der Waals surface area (Å²) in [5.41, 5.74) is 7.39. The average molecular weight is 309 g/mol. The van der Waals surface area contributed by atoms with Gasteiger partial charge >= 0.3 is 0 Å². The molecule has 0 heterocycles. The van der Waals surface area contributed by atoms with Gasteiger partial charge in [-0.15, -0.1) is 17.5 Å². The van der Waals surface area contributed by atoms with Crippen molar-refractivity contribution in [2.75, 3.05) is 14.2 Å². The van der Waals surface area contributed by atoms with E-state index in [9.17, 15) is 0 Å². The lowest BCUT2D eigenvalue weighted by atomic mass is 10.2. The minimum atomic E-state index is -0.233. The van der Waals surface area contributed by atoms with Crippen molar-refractivity contribution in [2.24, 2.45) is 15.9 Å². The van der Waals surface area contributed by atoms with E-state index in [0.29, 0.717) is 22.1 Å². The number of guanidine groups is 1. The lowest BCUT2D eigenvalue weighted by Crippen LogP contribution is -2.27. The fourth-order valence-corrected chi connectivity index (χ4v) is 1.46. The van der Waals surface area contributed by atoms with Gasteiger partial charge in [0.05, 0.1) is 25.5 Å². The van der Waals surface area contributed by atoms with Crippen LogP contribution in [0.15, 0.2) is 22.3 Å². The summed E-state index contributed by atoms with van der Waals surface area (Å²) in [7, 11) is 3.00. The topological polar surface area (TPSA) is 101 Å². The predicted octanol–water partition coefficient (Wildman–Crippen LogP) is 1.41. The zero-order chi connectivity index (χ0) is 13.5. The number of ether oxygens (including phenoxy) is 2. The normalized spacial score (nSPS) is 11.1. The molecule has 0 fully saturated rings. The zero-order valence-electron chi connectivity index (χ0n) is 10.3. The van der Waals surface area contributed by atoms with Gasteiger partial charge in [-0.3, -0.25) is 5.21 Å². The van der Waals surface area contributed by atoms with E-state index < -0.39 is 0 Å². The molecule has 0 amide bonds. The molecule has 1 aromatic rings. The van der Waals surface area contributed by atoms with E-state index in [-0.39, 0.29) is 18.4 Å². The van der Waals surface area contributed by atoms with Crippen LogP contribution in [0.2, 0.25) is 5.02 Å². The van der Waals surface area contributed by atoms with Crippen molar-refractivity contribution in [3.05, 3.63) is 22.7 Å². The van der Waals surface area contributed by atoms with Crippen LogP contribution in [-0.2, 0) is 0 Å². The second kappa shape index (κ2) is 8.41. The van der Waals surface area contributed by atoms with Crippen LogP contribution in [0.25, 0.3) is 0 Å². The molecule has 9 heteroatoms. The Bertz CT molecular complexity index is 480. The first kappa shape index (κ1) is 17.3. The molecule has 0 aliphatic carbocycles. The van der Waals surface area contributed by atoms with Crippen LogP contribution in [0.4, 0.5) is 0 Å². The number of halogens is 2. The lowest BCUT2D eigenvalue weighted by Gasteiger charge is -2.10. The van der Waals surface area contributed by atoms with E-state index in [1.54, 1.807) is 17.6 Å². The quantitative estimate of drug-likeness (QED) is 0.443. The summed E-state index contributed by atoms with van der Waals surface area (Å²) < 4.78 is 10.2. The standard InChI is InChI=1S/C10H13ClN4O3.ClH/c1-17-7-4-3-6(8(11)9(7)18-2)5-13-14-10(12)15-16;/h3-5,16H,1-2H3,(H3,12,14,15);1H/b13-5+;. The maximum Gasteiger partial charge on any atom is 0.237 e. The van der Waals surface area contributed by atoms with E-state index in [0.717, 1.165) is 0 Å². The number of nitrogens with zero attached hydrogens (tertiary/aromatic N) is 2. The third-order valence-electron chi connectivity index (χ3n) is 1.99. The number of hydrogen-bond donors (Lipinski definition) is 3. The summed E-state index contributed by atoms with van der Waals surface area (Å²) in [6.45, 7) is 0. The number of nitrogens with two attached hydrogens (primary N) is 1. The van der Waals surface area contributed by atoms with Crippen LogP contribution in [-0.4, -0.2) is 31.6 Å². The van der Waals surface area contributed by atoms with Crippen LogP contribution in [0.5, 0.6) is 11.5 Å². The number of nitrogens with one attached hydrogen (secondary N) is 1. The highest BCUT2D eigenvalue weighted by molar-refractivity contribution is 6.34. The van der Waals surface area contributed by atoms with E-state index in [4.69, 9.17) is 32.0 Å². The SMILES string of the molecule is COc1ccc(/C=N/N=C(/N)NO)c(Cl)c1OC.Cl. The number of rotatable bonds is 4. The highest BCUT2D eigenvalue weighted by atomic mass is 35.5. The van der Waals surface area contributed by atoms with Gasteiger partial charge in [0.2, 0.25) is 5.96 Å². The lowest BCUT2D eigenvalue weighted by molar-refractivity contribution is 0.232. The van der Waals surface area contributed by atoms with E-state index >= 15 is 0 Å². The van der Waals surface area contributed by atoms with E-state index in [1.165, 1.54) is 20.4 Å². The molecule has 0 aliphatic rings. The summed E-state index contributed by atoms with van der Waals surface area (Å²) in [4.78, 5) is 0. The van der Waals surface area contributed by atoms with Crippen LogP contribution in [0.1, 0.15) is 5.56 Å². The van der Waals surface area contributed by atoms with Gasteiger partial charge in [-0.2, -0.15) is 5.10 Å². The highest BCUT2D eigenvalue weighted by Gasteiger charge is 2.11. The maximum atomic E-state index is 8.39. The summed E-state index contributed by atoms with van der Waals surface area (Å²) in [5.74, 6) is 0.683. The van der Waals surface area contributed by atoms with Gasteiger partial charge in [-0.25, -0.2) is 5.48 Å². The summed E-state index contributed by atoms with van der Waals surface area (Å²) in [6, 6.07) is 3.37. The molecule has 1 aromatic carbocycles. The predicted molar refractivity (Wildman–Crippen MR) is 75.9 cm³/mol. The molecule has 1 rings (SSSR count). The van der Waals surface area contributed by atoms with Crippen molar-refractivity contribution >= 4 is 36.2 Å². The van der Waals surface area contributed by atoms with Crippen molar-refractivity contribution in [1.82, 2.24) is 5.48 Å². The van der Waals surface area contributed by atoms with Gasteiger partial charge in [0.15, 0.2) is 11.5 Å². The largest absolute Gasteiger partial charge is 0.493 e. The van der Waals surface area contributed by atoms with Crippen molar-refractivity contribution in [3.63, 3.8) is 0 Å². The average Bonchev–Trinajstić information content (AvgIpc) is 2.39. The minimum absolute atomic E-state index is 0. The monoisotopic (exact) mass is 308 g/mol. The molecule has 0 unspecified atom stereocenters. The number of benzene rings is 1. The number of methoxy groups -OCH3 is 2. The van der Waals surface area contributed by atoms with Crippen LogP contribution >= 0.6 is 24.0 Å². The first-order chi connectivity index (χ1) is 8.63. The van der Waals surface area contributed by atoms with Gasteiger partial charge in [0.25, 0.3) is 0 Å². The molecular formula is C10H14Cl2N4O3. The summed E-state index contributed by atoms with van der Waals surface area (Å²) in [5, 5.41) is 15.8. The molecular weight excluding hydrogens is 295 g/mol. The third-order valence-corrected chi connectivity index (χ3v) is 2.38. The van der Waals surface area contributed by atoms with Crippen molar-refractivity contribution in [3.8, 4) is 11.5 Å². The number of hydrogen-bond acceptors (Lipinski definition) is 5. The molecule has 0 radical (unpaired) electrons. The van der Waals surface area contributed by atoms with Gasteiger partial charge < -0.3 is 15.2 Å². The zero-order valence-corrected chi connectivity index (χ0v) is 11.8. The third kappa shape index (κ3) is 4.47. The fraction of sp³-hybridized carbons (Fsp3) is 0.200. The van der Waals surface area contributed by atoms with Crippen molar-refractivity contribution in [2.45, 2.75) is 0 Å². The van der Waals surface area contributed by atoms with Gasteiger partial charge in [-0.1, -0.05) is 11.6 Å². The van der Waals surface area contributed by atoms with Gasteiger partial charge in [-0.05, 0) is 12.1 Å². The van der Waals surface area contributed by atoms with Crippen LogP contribution < -0.4 is 20.7 Å². The molecule has 106 valence electrons. The first-order valence-electron chi connectivity index (χ1n) is 4.81. The van der Waals surface area contributed by atoms with Crippen molar-refractivity contribution < 1.29 is 14.7 Å². The summed E-state index contributed by atoms with van der Waals surface area (Å²) >= 11 is 6.10. The molecule has 7 nitrogen and oxygen atoms in total. The highest BCUT2D eigenvalue weighted by Crippen LogP contribution is 2.36. The Morgan fingerprint density at radius 3 is 2.63 bits per heavy atom. The van der Waals surface area contributed by atoms with Crippen LogP contribution in [0, 0.1) is 0 Å². The molecule has 0 spiro atoms. The molecule has 0 aliphatic heterocycles. The van der Waals surface area contributed by atoms with Crippen molar-refractivity contribution in [1.29, 1.82) is 0 Å². The fourth-order valence-electron chi connectivity index (χ4n) is 1.18. The maximum absolute atomic E-state index is 8.39. The number of hydroxylamine groups is 1. The second-order valence-corrected chi connectivity index (χ2v) is 3.42. The smallest absolute Gasteiger partial charge is 0.237 e. The Kier molecular flexibility index (Phi) is 7.66. The molecule has 0 aromatic heterocycles. The first-order valence-corrected chi connectivity index (χ1v) is 5.19. The van der Waals surface area contributed by atoms with Gasteiger partial charge in [0, 0.05) is 5.56 Å². The van der Waals surface area contributed by atoms with Gasteiger partial charge in [0.1, 0.15) is 0 Å². The van der Waals surface area contributed by atoms with E-state index in [1.807, 2.05) is 0 Å². The summed E-state index contributed by atoms with van der Waals surface area (Å²) in [6.07, 6.45) is 1.37. The molecule has 0 saturated carbocycles. The Morgan fingerprint density at radius 1 is 1.42 bits per heavy atom. The Labute approximate surface area is 121 Å². The Balaban J connectivity index is 0.00000324. The Morgan fingerprint density at radius 2 is 2.11 bits per heavy atom. The second-order valence-electron chi connectivity index (χ2n) is 3.05. The molecule has 19 heavy (non-hydrogen) atoms. The molecule has 4 N–H and O–H groups in total. The van der Waals surface area contributed by atoms with E-state index in [2.05, 4.69) is 10.2 Å². The molecule has 0 bridgehead atoms. The molecule has 0 atom stereocenters.